The van der Waals surface area contributed by atoms with Gasteiger partial charge in [-0.05, 0) is 51.2 Å². The zero-order valence-electron chi connectivity index (χ0n) is 14.4. The number of sulfone groups is 1. The monoisotopic (exact) mass is 374 g/mol. The van der Waals surface area contributed by atoms with Crippen molar-refractivity contribution < 1.29 is 16.8 Å². The lowest BCUT2D eigenvalue weighted by molar-refractivity contribution is 0.162. The van der Waals surface area contributed by atoms with Crippen LogP contribution in [-0.4, -0.2) is 53.7 Å². The van der Waals surface area contributed by atoms with Crippen LogP contribution >= 0.6 is 0 Å². The molecule has 136 valence electrons. The van der Waals surface area contributed by atoms with Gasteiger partial charge in [0.15, 0.2) is 9.84 Å². The maximum Gasteiger partial charge on any atom is 0.240 e. The number of nitrogens with zero attached hydrogens (tertiary/aromatic N) is 1. The van der Waals surface area contributed by atoms with Crippen LogP contribution in [0.3, 0.4) is 0 Å². The predicted molar refractivity (Wildman–Crippen MR) is 94.2 cm³/mol. The average molecular weight is 375 g/mol. The molecule has 1 fully saturated rings. The fourth-order valence-electron chi connectivity index (χ4n) is 3.12. The van der Waals surface area contributed by atoms with Crippen molar-refractivity contribution in [2.24, 2.45) is 0 Å². The summed E-state index contributed by atoms with van der Waals surface area (Å²) >= 11 is 0. The Bertz CT molecular complexity index is 763. The smallest absolute Gasteiger partial charge is 0.240 e. The summed E-state index contributed by atoms with van der Waals surface area (Å²) in [7, 11) is -3.04. The van der Waals surface area contributed by atoms with Crippen molar-refractivity contribution >= 4 is 19.9 Å². The molecule has 8 heteroatoms. The van der Waals surface area contributed by atoms with Crippen molar-refractivity contribution in [3.05, 3.63) is 24.3 Å². The Labute approximate surface area is 145 Å². The second-order valence-electron chi connectivity index (χ2n) is 6.53. The van der Waals surface area contributed by atoms with Gasteiger partial charge in [-0.2, -0.15) is 0 Å². The Morgan fingerprint density at radius 3 is 1.96 bits per heavy atom. The van der Waals surface area contributed by atoms with Gasteiger partial charge in [-0.1, -0.05) is 19.8 Å². The molecule has 0 radical (unpaired) electrons. The third kappa shape index (κ3) is 3.99. The van der Waals surface area contributed by atoms with Gasteiger partial charge in [0.25, 0.3) is 0 Å². The molecule has 1 aliphatic rings. The first-order valence-electron chi connectivity index (χ1n) is 8.13. The predicted octanol–water partition coefficient (Wildman–Crippen LogP) is 1.63. The van der Waals surface area contributed by atoms with Crippen molar-refractivity contribution in [1.29, 1.82) is 0 Å². The minimum absolute atomic E-state index is 0.0112. The Morgan fingerprint density at radius 2 is 1.50 bits per heavy atom. The van der Waals surface area contributed by atoms with Crippen LogP contribution in [-0.2, 0) is 19.9 Å². The lowest BCUT2D eigenvalue weighted by atomic mass is 9.97. The molecule has 6 nitrogen and oxygen atoms in total. The highest BCUT2D eigenvalue weighted by molar-refractivity contribution is 7.91. The zero-order valence-corrected chi connectivity index (χ0v) is 16.1. The first-order valence-corrected chi connectivity index (χ1v) is 11.3. The quantitative estimate of drug-likeness (QED) is 0.784. The Balaban J connectivity index is 2.16. The van der Waals surface area contributed by atoms with Gasteiger partial charge < -0.3 is 4.90 Å². The molecule has 0 amide bonds. The van der Waals surface area contributed by atoms with Crippen LogP contribution in [0.1, 0.15) is 32.6 Å². The van der Waals surface area contributed by atoms with E-state index in [9.17, 15) is 16.8 Å². The molecule has 0 aromatic heterocycles. The molecule has 1 aromatic carbocycles. The van der Waals surface area contributed by atoms with Gasteiger partial charge in [-0.25, -0.2) is 21.6 Å². The standard InChI is InChI=1S/C16H26N2O4S2/c1-4-23(19,20)14-7-9-15(10-8-14)24(21,22)17-13-16(18(2)3)11-5-6-12-16/h7-10,17H,4-6,11-13H2,1-3H3. The van der Waals surface area contributed by atoms with Crippen molar-refractivity contribution in [1.82, 2.24) is 9.62 Å². The summed E-state index contributed by atoms with van der Waals surface area (Å²) < 4.78 is 51.3. The van der Waals surface area contributed by atoms with E-state index < -0.39 is 19.9 Å². The third-order valence-corrected chi connectivity index (χ3v) is 8.12. The largest absolute Gasteiger partial charge is 0.302 e. The summed E-state index contributed by atoms with van der Waals surface area (Å²) in [5.74, 6) is -0.0112. The maximum absolute atomic E-state index is 12.5. The molecule has 1 saturated carbocycles. The molecule has 0 bridgehead atoms. The minimum atomic E-state index is -3.66. The molecule has 1 aromatic rings. The number of hydrogen-bond donors (Lipinski definition) is 1. The molecule has 24 heavy (non-hydrogen) atoms. The molecule has 1 N–H and O–H groups in total. The van der Waals surface area contributed by atoms with E-state index in [4.69, 9.17) is 0 Å². The molecule has 0 saturated heterocycles. The number of hydrogen-bond acceptors (Lipinski definition) is 5. The Kier molecular flexibility index (Phi) is 5.74. The van der Waals surface area contributed by atoms with E-state index in [0.29, 0.717) is 6.54 Å². The molecule has 2 rings (SSSR count). The van der Waals surface area contributed by atoms with E-state index in [0.717, 1.165) is 25.7 Å². The number of rotatable bonds is 7. The first-order chi connectivity index (χ1) is 11.1. The maximum atomic E-state index is 12.5. The number of nitrogens with one attached hydrogen (secondary N) is 1. The molecule has 0 aliphatic heterocycles. The van der Waals surface area contributed by atoms with Crippen LogP contribution in [0.15, 0.2) is 34.1 Å². The van der Waals surface area contributed by atoms with Crippen LogP contribution in [0.25, 0.3) is 0 Å². The van der Waals surface area contributed by atoms with Gasteiger partial charge in [0.1, 0.15) is 0 Å². The highest BCUT2D eigenvalue weighted by Crippen LogP contribution is 2.33. The summed E-state index contributed by atoms with van der Waals surface area (Å²) in [6, 6.07) is 5.40. The van der Waals surface area contributed by atoms with E-state index in [-0.39, 0.29) is 21.1 Å². The first kappa shape index (κ1) is 19.4. The SMILES string of the molecule is CCS(=O)(=O)c1ccc(S(=O)(=O)NCC2(N(C)C)CCCC2)cc1. The third-order valence-electron chi connectivity index (χ3n) is 4.95. The fraction of sp³-hybridized carbons (Fsp3) is 0.625. The molecule has 0 spiro atoms. The molecule has 0 atom stereocenters. The summed E-state index contributed by atoms with van der Waals surface area (Å²) in [5.41, 5.74) is -0.140. The van der Waals surface area contributed by atoms with Crippen molar-refractivity contribution in [3.63, 3.8) is 0 Å². The summed E-state index contributed by atoms with van der Waals surface area (Å²) in [6.45, 7) is 1.92. The van der Waals surface area contributed by atoms with Gasteiger partial charge in [0, 0.05) is 12.1 Å². The minimum Gasteiger partial charge on any atom is -0.302 e. The van der Waals surface area contributed by atoms with Crippen molar-refractivity contribution in [3.8, 4) is 0 Å². The van der Waals surface area contributed by atoms with Crippen LogP contribution < -0.4 is 4.72 Å². The van der Waals surface area contributed by atoms with E-state index in [1.165, 1.54) is 24.3 Å². The zero-order chi connectivity index (χ0) is 18.0. The molecule has 1 aliphatic carbocycles. The normalized spacial score (nSPS) is 18.2. The van der Waals surface area contributed by atoms with Gasteiger partial charge in [-0.15, -0.1) is 0 Å². The van der Waals surface area contributed by atoms with Crippen molar-refractivity contribution in [2.45, 2.75) is 47.9 Å². The number of sulfonamides is 1. The van der Waals surface area contributed by atoms with Crippen LogP contribution in [0.2, 0.25) is 0 Å². The Hall–Kier alpha value is -0.960. The van der Waals surface area contributed by atoms with Crippen molar-refractivity contribution in [2.75, 3.05) is 26.4 Å². The molecule has 0 heterocycles. The topological polar surface area (TPSA) is 83.5 Å². The van der Waals surface area contributed by atoms with Crippen LogP contribution in [0, 0.1) is 0 Å². The highest BCUT2D eigenvalue weighted by Gasteiger charge is 2.37. The second kappa shape index (κ2) is 7.11. The fourth-order valence-corrected chi connectivity index (χ4v) is 5.12. The van der Waals surface area contributed by atoms with Gasteiger partial charge in [0.05, 0.1) is 15.5 Å². The van der Waals surface area contributed by atoms with Crippen LogP contribution in [0.4, 0.5) is 0 Å². The second-order valence-corrected chi connectivity index (χ2v) is 10.6. The van der Waals surface area contributed by atoms with Gasteiger partial charge in [0.2, 0.25) is 10.0 Å². The van der Waals surface area contributed by atoms with Gasteiger partial charge in [-0.3, -0.25) is 0 Å². The lowest BCUT2D eigenvalue weighted by Gasteiger charge is -2.36. The lowest BCUT2D eigenvalue weighted by Crippen LogP contribution is -2.50. The van der Waals surface area contributed by atoms with E-state index in [1.54, 1.807) is 6.92 Å². The summed E-state index contributed by atoms with van der Waals surface area (Å²) in [5, 5.41) is 0. The molecular weight excluding hydrogens is 348 g/mol. The Morgan fingerprint density at radius 1 is 1.00 bits per heavy atom. The highest BCUT2D eigenvalue weighted by atomic mass is 32.2. The summed E-state index contributed by atoms with van der Waals surface area (Å²) in [6.07, 6.45) is 4.14. The van der Waals surface area contributed by atoms with Gasteiger partial charge >= 0.3 is 0 Å². The number of benzene rings is 1. The number of likely N-dealkylation sites (N-methyl/N-ethyl adjacent to an activating group) is 1. The average Bonchev–Trinajstić information content (AvgIpc) is 3.03. The molecular formula is C16H26N2O4S2. The molecule has 0 unspecified atom stereocenters. The summed E-state index contributed by atoms with van der Waals surface area (Å²) in [4.78, 5) is 2.33. The van der Waals surface area contributed by atoms with Crippen LogP contribution in [0.5, 0.6) is 0 Å². The van der Waals surface area contributed by atoms with E-state index in [1.807, 2.05) is 14.1 Å². The van der Waals surface area contributed by atoms with E-state index >= 15 is 0 Å². The van der Waals surface area contributed by atoms with E-state index in [2.05, 4.69) is 9.62 Å².